The van der Waals surface area contributed by atoms with Gasteiger partial charge in [0.2, 0.25) is 11.8 Å². The van der Waals surface area contributed by atoms with Gasteiger partial charge in [0.05, 0.1) is 6.54 Å². The molecule has 86 valence electrons. The number of nitrogens with one attached hydrogen (secondary N) is 2. The van der Waals surface area contributed by atoms with Gasteiger partial charge < -0.3 is 15.7 Å². The van der Waals surface area contributed by atoms with Gasteiger partial charge in [-0.1, -0.05) is 6.92 Å². The Morgan fingerprint density at radius 2 is 1.87 bits per heavy atom. The molecule has 2 amide bonds. The lowest BCUT2D eigenvalue weighted by atomic mass is 10.3. The molecule has 0 aromatic carbocycles. The van der Waals surface area contributed by atoms with E-state index in [1.165, 1.54) is 6.92 Å². The van der Waals surface area contributed by atoms with Crippen LogP contribution in [-0.4, -0.2) is 35.5 Å². The fraction of sp³-hybridized carbons (Fsp3) is 0.667. The van der Waals surface area contributed by atoms with Crippen LogP contribution in [0.25, 0.3) is 0 Å². The van der Waals surface area contributed by atoms with Crippen molar-refractivity contribution in [3.8, 4) is 0 Å². The van der Waals surface area contributed by atoms with Crippen molar-refractivity contribution >= 4 is 17.8 Å². The molecule has 0 aliphatic rings. The van der Waals surface area contributed by atoms with Crippen molar-refractivity contribution in [2.75, 3.05) is 6.54 Å². The standard InChI is InChI=1S/C9H16N2O4/c1-3-4-7(12)10-5-8(13)11-6(2)9(14)15/h6H,3-5H2,1-2H3,(H,10,12)(H,11,13)(H,14,15). The van der Waals surface area contributed by atoms with Crippen molar-refractivity contribution in [2.45, 2.75) is 32.7 Å². The number of rotatable bonds is 6. The first-order valence-electron chi connectivity index (χ1n) is 4.76. The Morgan fingerprint density at radius 3 is 2.33 bits per heavy atom. The topological polar surface area (TPSA) is 95.5 Å². The van der Waals surface area contributed by atoms with Crippen LogP contribution < -0.4 is 10.6 Å². The molecular formula is C9H16N2O4. The van der Waals surface area contributed by atoms with E-state index < -0.39 is 17.9 Å². The summed E-state index contributed by atoms with van der Waals surface area (Å²) < 4.78 is 0. The molecular weight excluding hydrogens is 200 g/mol. The number of hydrogen-bond donors (Lipinski definition) is 3. The van der Waals surface area contributed by atoms with E-state index in [4.69, 9.17) is 5.11 Å². The second kappa shape index (κ2) is 6.80. The van der Waals surface area contributed by atoms with Gasteiger partial charge in [-0.05, 0) is 13.3 Å². The predicted octanol–water partition coefficient (Wildman–Crippen LogP) is -0.508. The predicted molar refractivity (Wildman–Crippen MR) is 53.2 cm³/mol. The van der Waals surface area contributed by atoms with Crippen LogP contribution in [-0.2, 0) is 14.4 Å². The lowest BCUT2D eigenvalue weighted by Crippen LogP contribution is -2.43. The molecule has 1 unspecified atom stereocenters. The highest BCUT2D eigenvalue weighted by Crippen LogP contribution is 1.85. The Morgan fingerprint density at radius 1 is 1.27 bits per heavy atom. The summed E-state index contributed by atoms with van der Waals surface area (Å²) in [5, 5.41) is 13.1. The van der Waals surface area contributed by atoms with Crippen molar-refractivity contribution < 1.29 is 19.5 Å². The highest BCUT2D eigenvalue weighted by atomic mass is 16.4. The Bertz CT molecular complexity index is 252. The molecule has 1 atom stereocenters. The van der Waals surface area contributed by atoms with Crippen LogP contribution >= 0.6 is 0 Å². The van der Waals surface area contributed by atoms with Crippen LogP contribution in [0.4, 0.5) is 0 Å². The van der Waals surface area contributed by atoms with Gasteiger partial charge in [-0.15, -0.1) is 0 Å². The average molecular weight is 216 g/mol. The van der Waals surface area contributed by atoms with E-state index in [0.29, 0.717) is 12.8 Å². The van der Waals surface area contributed by atoms with Gasteiger partial charge in [-0.25, -0.2) is 0 Å². The molecule has 0 aliphatic carbocycles. The first-order valence-corrected chi connectivity index (χ1v) is 4.76. The van der Waals surface area contributed by atoms with E-state index >= 15 is 0 Å². The third-order valence-electron chi connectivity index (χ3n) is 1.67. The van der Waals surface area contributed by atoms with E-state index in [2.05, 4.69) is 10.6 Å². The lowest BCUT2D eigenvalue weighted by Gasteiger charge is -2.09. The van der Waals surface area contributed by atoms with Gasteiger partial charge >= 0.3 is 5.97 Å². The maximum Gasteiger partial charge on any atom is 0.325 e. The molecule has 0 saturated heterocycles. The Hall–Kier alpha value is -1.59. The molecule has 0 aliphatic heterocycles. The van der Waals surface area contributed by atoms with E-state index in [-0.39, 0.29) is 12.5 Å². The number of carbonyl (C=O) groups is 3. The van der Waals surface area contributed by atoms with Crippen LogP contribution in [0.3, 0.4) is 0 Å². The monoisotopic (exact) mass is 216 g/mol. The zero-order chi connectivity index (χ0) is 11.8. The molecule has 6 nitrogen and oxygen atoms in total. The van der Waals surface area contributed by atoms with Gasteiger partial charge in [-0.2, -0.15) is 0 Å². The highest BCUT2D eigenvalue weighted by Gasteiger charge is 2.13. The van der Waals surface area contributed by atoms with Crippen molar-refractivity contribution in [3.63, 3.8) is 0 Å². The highest BCUT2D eigenvalue weighted by molar-refractivity contribution is 5.87. The molecule has 0 fully saturated rings. The third kappa shape index (κ3) is 6.48. The van der Waals surface area contributed by atoms with E-state index in [1.54, 1.807) is 0 Å². The molecule has 15 heavy (non-hydrogen) atoms. The second-order valence-corrected chi connectivity index (χ2v) is 3.15. The normalized spacial score (nSPS) is 11.6. The minimum absolute atomic E-state index is 0.184. The summed E-state index contributed by atoms with van der Waals surface area (Å²) in [6.07, 6.45) is 1.07. The van der Waals surface area contributed by atoms with Gasteiger partial charge in [-0.3, -0.25) is 14.4 Å². The van der Waals surface area contributed by atoms with Crippen LogP contribution in [0, 0.1) is 0 Å². The molecule has 0 aromatic heterocycles. The number of carboxylic acid groups (broad SMARTS) is 1. The summed E-state index contributed by atoms with van der Waals surface area (Å²) in [4.78, 5) is 32.4. The van der Waals surface area contributed by atoms with Crippen LogP contribution in [0.2, 0.25) is 0 Å². The number of carbonyl (C=O) groups excluding carboxylic acids is 2. The molecule has 0 radical (unpaired) electrons. The summed E-state index contributed by atoms with van der Waals surface area (Å²) >= 11 is 0. The lowest BCUT2D eigenvalue weighted by molar-refractivity contribution is -0.141. The first kappa shape index (κ1) is 13.4. The van der Waals surface area contributed by atoms with E-state index in [1.807, 2.05) is 6.92 Å². The molecule has 6 heteroatoms. The van der Waals surface area contributed by atoms with Crippen molar-refractivity contribution in [3.05, 3.63) is 0 Å². The summed E-state index contributed by atoms with van der Waals surface area (Å²) in [7, 11) is 0. The summed E-state index contributed by atoms with van der Waals surface area (Å²) in [5.74, 6) is -1.83. The van der Waals surface area contributed by atoms with Crippen molar-refractivity contribution in [1.29, 1.82) is 0 Å². The van der Waals surface area contributed by atoms with Crippen LogP contribution in [0.1, 0.15) is 26.7 Å². The number of amides is 2. The van der Waals surface area contributed by atoms with Gasteiger partial charge in [0.25, 0.3) is 0 Å². The summed E-state index contributed by atoms with van der Waals surface area (Å²) in [6.45, 7) is 3.02. The quantitative estimate of drug-likeness (QED) is 0.557. The smallest absolute Gasteiger partial charge is 0.325 e. The van der Waals surface area contributed by atoms with Crippen molar-refractivity contribution in [2.24, 2.45) is 0 Å². The van der Waals surface area contributed by atoms with Crippen LogP contribution in [0.15, 0.2) is 0 Å². The van der Waals surface area contributed by atoms with E-state index in [0.717, 1.165) is 0 Å². The first-order chi connectivity index (χ1) is 6.97. The minimum atomic E-state index is -1.11. The van der Waals surface area contributed by atoms with Gasteiger partial charge in [0.1, 0.15) is 6.04 Å². The third-order valence-corrected chi connectivity index (χ3v) is 1.67. The van der Waals surface area contributed by atoms with Gasteiger partial charge in [0.15, 0.2) is 0 Å². The Labute approximate surface area is 88.0 Å². The fourth-order valence-corrected chi connectivity index (χ4v) is 0.849. The molecule has 0 rings (SSSR count). The Balaban J connectivity index is 3.75. The number of carboxylic acids is 1. The maximum absolute atomic E-state index is 11.1. The molecule has 0 spiro atoms. The maximum atomic E-state index is 11.1. The summed E-state index contributed by atoms with van der Waals surface area (Å²) in [5.41, 5.74) is 0. The van der Waals surface area contributed by atoms with Crippen molar-refractivity contribution in [1.82, 2.24) is 10.6 Å². The Kier molecular flexibility index (Phi) is 6.08. The molecule has 0 heterocycles. The largest absolute Gasteiger partial charge is 0.480 e. The summed E-state index contributed by atoms with van der Waals surface area (Å²) in [6, 6.07) is -0.944. The minimum Gasteiger partial charge on any atom is -0.480 e. The SMILES string of the molecule is CCCC(=O)NCC(=O)NC(C)C(=O)O. The fourth-order valence-electron chi connectivity index (χ4n) is 0.849. The second-order valence-electron chi connectivity index (χ2n) is 3.15. The molecule has 3 N–H and O–H groups in total. The molecule has 0 bridgehead atoms. The average Bonchev–Trinajstić information content (AvgIpc) is 2.15. The number of hydrogen-bond acceptors (Lipinski definition) is 3. The van der Waals surface area contributed by atoms with Crippen LogP contribution in [0.5, 0.6) is 0 Å². The van der Waals surface area contributed by atoms with E-state index in [9.17, 15) is 14.4 Å². The van der Waals surface area contributed by atoms with Gasteiger partial charge in [0, 0.05) is 6.42 Å². The zero-order valence-electron chi connectivity index (χ0n) is 8.87. The number of aliphatic carboxylic acids is 1. The zero-order valence-corrected chi connectivity index (χ0v) is 8.87. The molecule has 0 saturated carbocycles. The molecule has 0 aromatic rings.